The molecule has 222 valence electrons. The third-order valence-corrected chi connectivity index (χ3v) is 9.08. The molecule has 0 unspecified atom stereocenters. The van der Waals surface area contributed by atoms with Gasteiger partial charge < -0.3 is 19.3 Å². The SMILES string of the molecule is COc1nc(N2CC3(CCN(C(=O)/C=C/CN4CCOCC4)C3)C2)c2cnc(-c3cccc4cccc(Cl)c34)c(F)c2n1. The van der Waals surface area contributed by atoms with E-state index < -0.39 is 5.82 Å². The molecule has 2 aromatic heterocycles. The molecule has 0 N–H and O–H groups in total. The van der Waals surface area contributed by atoms with Crippen LogP contribution in [0.3, 0.4) is 0 Å². The van der Waals surface area contributed by atoms with Crippen molar-refractivity contribution in [3.8, 4) is 17.3 Å². The number of hydrogen-bond acceptors (Lipinski definition) is 8. The number of ether oxygens (including phenoxy) is 2. The summed E-state index contributed by atoms with van der Waals surface area (Å²) in [5.41, 5.74) is 0.887. The minimum absolute atomic E-state index is 0.0240. The van der Waals surface area contributed by atoms with Crippen molar-refractivity contribution in [1.29, 1.82) is 0 Å². The van der Waals surface area contributed by atoms with Gasteiger partial charge in [-0.05, 0) is 17.9 Å². The second kappa shape index (κ2) is 11.3. The van der Waals surface area contributed by atoms with Gasteiger partial charge >= 0.3 is 6.01 Å². The quantitative estimate of drug-likeness (QED) is 0.297. The second-order valence-electron chi connectivity index (χ2n) is 11.5. The Hall–Kier alpha value is -3.86. The lowest BCUT2D eigenvalue weighted by Crippen LogP contribution is -2.58. The summed E-state index contributed by atoms with van der Waals surface area (Å²) in [5.74, 6) is 0.0743. The maximum Gasteiger partial charge on any atom is 0.318 e. The van der Waals surface area contributed by atoms with E-state index in [0.717, 1.165) is 56.6 Å². The largest absolute Gasteiger partial charge is 0.467 e. The molecule has 0 aliphatic carbocycles. The molecule has 0 atom stereocenters. The number of fused-ring (bicyclic) bond motifs is 2. The van der Waals surface area contributed by atoms with Crippen LogP contribution in [0.4, 0.5) is 10.2 Å². The van der Waals surface area contributed by atoms with Crippen LogP contribution in [-0.2, 0) is 9.53 Å². The molecule has 1 spiro atoms. The maximum absolute atomic E-state index is 16.2. The summed E-state index contributed by atoms with van der Waals surface area (Å²) in [4.78, 5) is 32.8. The van der Waals surface area contributed by atoms with Gasteiger partial charge in [-0.3, -0.25) is 14.7 Å². The fourth-order valence-corrected chi connectivity index (χ4v) is 6.80. The normalized spacial score (nSPS) is 18.7. The molecule has 43 heavy (non-hydrogen) atoms. The summed E-state index contributed by atoms with van der Waals surface area (Å²) in [7, 11) is 1.47. The Morgan fingerprint density at radius 3 is 2.70 bits per heavy atom. The maximum atomic E-state index is 16.2. The van der Waals surface area contributed by atoms with E-state index in [1.54, 1.807) is 18.3 Å². The number of carbonyl (C=O) groups is 1. The predicted molar refractivity (Wildman–Crippen MR) is 164 cm³/mol. The van der Waals surface area contributed by atoms with Crippen LogP contribution in [-0.4, -0.2) is 96.8 Å². The third-order valence-electron chi connectivity index (χ3n) is 8.76. The van der Waals surface area contributed by atoms with Gasteiger partial charge in [0.2, 0.25) is 5.91 Å². The number of hydrogen-bond donors (Lipinski definition) is 0. The van der Waals surface area contributed by atoms with Crippen LogP contribution < -0.4 is 9.64 Å². The Labute approximate surface area is 253 Å². The number of anilines is 1. The molecule has 0 radical (unpaired) electrons. The van der Waals surface area contributed by atoms with Crippen LogP contribution in [0.2, 0.25) is 5.02 Å². The first-order chi connectivity index (χ1) is 20.9. The summed E-state index contributed by atoms with van der Waals surface area (Å²) < 4.78 is 27.0. The molecule has 1 amide bonds. The number of likely N-dealkylation sites (tertiary alicyclic amines) is 1. The Morgan fingerprint density at radius 2 is 1.91 bits per heavy atom. The smallest absolute Gasteiger partial charge is 0.318 e. The molecule has 9 nitrogen and oxygen atoms in total. The highest BCUT2D eigenvalue weighted by molar-refractivity contribution is 6.36. The third kappa shape index (κ3) is 5.17. The van der Waals surface area contributed by atoms with E-state index in [9.17, 15) is 4.79 Å². The Balaban J connectivity index is 1.11. The molecule has 0 bridgehead atoms. The van der Waals surface area contributed by atoms with Gasteiger partial charge in [0, 0.05) is 79.5 Å². The first-order valence-corrected chi connectivity index (χ1v) is 14.9. The van der Waals surface area contributed by atoms with Crippen molar-refractivity contribution in [3.63, 3.8) is 0 Å². The molecule has 3 fully saturated rings. The van der Waals surface area contributed by atoms with Gasteiger partial charge in [-0.25, -0.2) is 4.39 Å². The highest BCUT2D eigenvalue weighted by atomic mass is 35.5. The number of benzene rings is 2. The van der Waals surface area contributed by atoms with Crippen molar-refractivity contribution < 1.29 is 18.7 Å². The van der Waals surface area contributed by atoms with Crippen LogP contribution in [0.1, 0.15) is 6.42 Å². The van der Waals surface area contributed by atoms with Crippen LogP contribution >= 0.6 is 11.6 Å². The monoisotopic (exact) mass is 602 g/mol. The zero-order valence-electron chi connectivity index (χ0n) is 23.9. The van der Waals surface area contributed by atoms with E-state index in [-0.39, 0.29) is 28.5 Å². The molecule has 3 aliphatic heterocycles. The molecule has 5 heterocycles. The average Bonchev–Trinajstić information content (AvgIpc) is 3.47. The van der Waals surface area contributed by atoms with E-state index in [1.165, 1.54) is 7.11 Å². The number of pyridine rings is 1. The van der Waals surface area contributed by atoms with Crippen molar-refractivity contribution in [2.75, 3.05) is 71.0 Å². The Morgan fingerprint density at radius 1 is 1.12 bits per heavy atom. The molecule has 0 saturated carbocycles. The van der Waals surface area contributed by atoms with E-state index in [4.69, 9.17) is 21.1 Å². The average molecular weight is 603 g/mol. The molecule has 3 aliphatic rings. The summed E-state index contributed by atoms with van der Waals surface area (Å²) in [6.07, 6.45) is 6.19. The molecule has 2 aromatic carbocycles. The summed E-state index contributed by atoms with van der Waals surface area (Å²) in [5, 5.41) is 2.67. The van der Waals surface area contributed by atoms with E-state index in [0.29, 0.717) is 41.4 Å². The number of aromatic nitrogens is 3. The molecule has 3 saturated heterocycles. The number of methoxy groups -OCH3 is 1. The predicted octanol–water partition coefficient (Wildman–Crippen LogP) is 4.57. The van der Waals surface area contributed by atoms with Crippen LogP contribution in [0.15, 0.2) is 54.7 Å². The molecule has 7 rings (SSSR count). The van der Waals surface area contributed by atoms with Crippen LogP contribution in [0, 0.1) is 11.2 Å². The lowest BCUT2D eigenvalue weighted by Gasteiger charge is -2.48. The van der Waals surface area contributed by atoms with E-state index in [1.807, 2.05) is 41.3 Å². The Bertz CT molecular complexity index is 1730. The Kier molecular flexibility index (Phi) is 7.36. The summed E-state index contributed by atoms with van der Waals surface area (Å²) >= 11 is 6.53. The van der Waals surface area contributed by atoms with Crippen molar-refractivity contribution in [1.82, 2.24) is 24.8 Å². The summed E-state index contributed by atoms with van der Waals surface area (Å²) in [6, 6.07) is 11.3. The second-order valence-corrected chi connectivity index (χ2v) is 11.9. The number of carbonyl (C=O) groups excluding carboxylic acids is 1. The lowest BCUT2D eigenvalue weighted by atomic mass is 9.79. The molecule has 11 heteroatoms. The van der Waals surface area contributed by atoms with Crippen molar-refractivity contribution in [2.24, 2.45) is 5.41 Å². The van der Waals surface area contributed by atoms with Gasteiger partial charge in [0.05, 0.1) is 25.7 Å². The number of halogens is 2. The fraction of sp³-hybridized carbons (Fsp3) is 0.375. The molecular formula is C32H32ClFN6O3. The van der Waals surface area contributed by atoms with Crippen LogP contribution in [0.5, 0.6) is 6.01 Å². The fourth-order valence-electron chi connectivity index (χ4n) is 6.52. The van der Waals surface area contributed by atoms with Crippen molar-refractivity contribution in [3.05, 3.63) is 65.6 Å². The van der Waals surface area contributed by atoms with Gasteiger partial charge in [0.1, 0.15) is 17.0 Å². The number of amides is 1. The number of morpholine rings is 1. The van der Waals surface area contributed by atoms with Gasteiger partial charge in [0.15, 0.2) is 5.82 Å². The highest BCUT2D eigenvalue weighted by Gasteiger charge is 2.49. The van der Waals surface area contributed by atoms with Crippen LogP contribution in [0.25, 0.3) is 32.9 Å². The van der Waals surface area contributed by atoms with Crippen molar-refractivity contribution in [2.45, 2.75) is 6.42 Å². The molecular weight excluding hydrogens is 571 g/mol. The topological polar surface area (TPSA) is 83.9 Å². The van der Waals surface area contributed by atoms with Crippen molar-refractivity contribution >= 4 is 45.0 Å². The zero-order valence-corrected chi connectivity index (χ0v) is 24.7. The van der Waals surface area contributed by atoms with E-state index in [2.05, 4.69) is 24.8 Å². The van der Waals surface area contributed by atoms with Gasteiger partial charge in [0.25, 0.3) is 0 Å². The lowest BCUT2D eigenvalue weighted by molar-refractivity contribution is -0.125. The first-order valence-electron chi connectivity index (χ1n) is 14.5. The van der Waals surface area contributed by atoms with Gasteiger partial charge in [-0.15, -0.1) is 0 Å². The minimum Gasteiger partial charge on any atom is -0.467 e. The first kappa shape index (κ1) is 27.9. The van der Waals surface area contributed by atoms with E-state index >= 15 is 4.39 Å². The number of nitrogens with zero attached hydrogens (tertiary/aromatic N) is 6. The summed E-state index contributed by atoms with van der Waals surface area (Å²) in [6.45, 7) is 6.82. The minimum atomic E-state index is -0.552. The van der Waals surface area contributed by atoms with Gasteiger partial charge in [-0.2, -0.15) is 9.97 Å². The molecule has 4 aromatic rings. The zero-order chi connectivity index (χ0) is 29.6. The standard InChI is InChI=1S/C32H32ClFN6O3/c1-42-31-36-29-23(17-35-28(27(29)34)22-7-2-5-21-6-3-8-24(33)26(21)22)30(37-31)40-19-32(20-40)10-12-39(18-32)25(41)9-4-11-38-13-15-43-16-14-38/h2-9,17H,10-16,18-20H2,1H3/b9-4+. The number of rotatable bonds is 6. The van der Waals surface area contributed by atoms with Gasteiger partial charge in [-0.1, -0.05) is 48.0 Å². The highest BCUT2D eigenvalue weighted by Crippen LogP contribution is 2.44.